The number of rotatable bonds is 4. The number of amides is 1. The lowest BCUT2D eigenvalue weighted by Crippen LogP contribution is -2.43. The summed E-state index contributed by atoms with van der Waals surface area (Å²) in [5.41, 5.74) is 1.95. The molecule has 0 N–H and O–H groups in total. The number of halogens is 1. The quantitative estimate of drug-likeness (QED) is 0.724. The molecule has 2 aromatic rings. The molecule has 1 saturated carbocycles. The van der Waals surface area contributed by atoms with E-state index in [0.29, 0.717) is 0 Å². The maximum absolute atomic E-state index is 11.9. The second-order valence-electron chi connectivity index (χ2n) is 5.53. The Balaban J connectivity index is 2.12. The van der Waals surface area contributed by atoms with Gasteiger partial charge in [-0.05, 0) is 46.5 Å². The van der Waals surface area contributed by atoms with Gasteiger partial charge in [0.1, 0.15) is 0 Å². The van der Waals surface area contributed by atoms with Crippen LogP contribution in [0.15, 0.2) is 59.1 Å². The van der Waals surface area contributed by atoms with Crippen LogP contribution in [0, 0.1) is 0 Å². The van der Waals surface area contributed by atoms with Crippen molar-refractivity contribution < 1.29 is 4.79 Å². The zero-order valence-corrected chi connectivity index (χ0v) is 13.4. The fourth-order valence-electron chi connectivity index (χ4n) is 3.41. The van der Waals surface area contributed by atoms with Crippen molar-refractivity contribution in [3.05, 3.63) is 64.6 Å². The molecule has 1 amide bonds. The van der Waals surface area contributed by atoms with Crippen molar-refractivity contribution in [1.29, 1.82) is 0 Å². The maximum atomic E-state index is 11.9. The van der Waals surface area contributed by atoms with Gasteiger partial charge in [-0.2, -0.15) is 0 Å². The summed E-state index contributed by atoms with van der Waals surface area (Å²) in [5, 5.41) is 0. The largest absolute Gasteiger partial charge is 0.304 e. The summed E-state index contributed by atoms with van der Waals surface area (Å²) in [4.78, 5) is 13.8. The molecule has 2 aromatic carbocycles. The topological polar surface area (TPSA) is 20.3 Å². The van der Waals surface area contributed by atoms with Crippen molar-refractivity contribution in [2.75, 3.05) is 4.90 Å². The molecule has 0 saturated heterocycles. The molecule has 1 aliphatic carbocycles. The lowest BCUT2D eigenvalue weighted by Gasteiger charge is -2.40. The van der Waals surface area contributed by atoms with E-state index in [4.69, 9.17) is 0 Å². The smallest absolute Gasteiger partial charge is 0.214 e. The standard InChI is InChI=1S/C18H18BrNO/c19-16-10-4-5-11-17(16)20(14-21)18(12-6-7-13-18)15-8-2-1-3-9-15/h1-5,8-11,14H,6-7,12-13H2. The second kappa shape index (κ2) is 6.02. The zero-order chi connectivity index (χ0) is 14.7. The highest BCUT2D eigenvalue weighted by Crippen LogP contribution is 2.46. The van der Waals surface area contributed by atoms with Gasteiger partial charge in [0.2, 0.25) is 6.41 Å². The van der Waals surface area contributed by atoms with E-state index in [2.05, 4.69) is 40.2 Å². The van der Waals surface area contributed by atoms with E-state index in [1.807, 2.05) is 35.2 Å². The van der Waals surface area contributed by atoms with Crippen LogP contribution in [-0.4, -0.2) is 6.41 Å². The summed E-state index contributed by atoms with van der Waals surface area (Å²) in [6.07, 6.45) is 5.32. The first kappa shape index (κ1) is 14.3. The van der Waals surface area contributed by atoms with Crippen molar-refractivity contribution in [1.82, 2.24) is 0 Å². The molecule has 0 atom stereocenters. The van der Waals surface area contributed by atoms with Gasteiger partial charge in [0.25, 0.3) is 0 Å². The molecular formula is C18H18BrNO. The van der Waals surface area contributed by atoms with E-state index < -0.39 is 0 Å². The third kappa shape index (κ3) is 2.51. The molecule has 0 heterocycles. The molecule has 108 valence electrons. The normalized spacial score (nSPS) is 16.6. The number of carbonyl (C=O) groups excluding carboxylic acids is 1. The summed E-state index contributed by atoms with van der Waals surface area (Å²) < 4.78 is 0.958. The summed E-state index contributed by atoms with van der Waals surface area (Å²) in [5.74, 6) is 0. The van der Waals surface area contributed by atoms with Crippen molar-refractivity contribution in [2.45, 2.75) is 31.2 Å². The maximum Gasteiger partial charge on any atom is 0.214 e. The van der Waals surface area contributed by atoms with Crippen LogP contribution >= 0.6 is 15.9 Å². The minimum Gasteiger partial charge on any atom is -0.304 e. The van der Waals surface area contributed by atoms with Gasteiger partial charge in [0.05, 0.1) is 11.2 Å². The van der Waals surface area contributed by atoms with Crippen LogP contribution in [-0.2, 0) is 10.3 Å². The zero-order valence-electron chi connectivity index (χ0n) is 11.8. The van der Waals surface area contributed by atoms with E-state index in [1.165, 1.54) is 5.56 Å². The number of hydrogen-bond acceptors (Lipinski definition) is 1. The molecule has 21 heavy (non-hydrogen) atoms. The lowest BCUT2D eigenvalue weighted by atomic mass is 9.86. The van der Waals surface area contributed by atoms with E-state index in [-0.39, 0.29) is 5.54 Å². The van der Waals surface area contributed by atoms with E-state index in [9.17, 15) is 4.79 Å². The predicted octanol–water partition coefficient (Wildman–Crippen LogP) is 4.88. The van der Waals surface area contributed by atoms with E-state index in [1.54, 1.807) is 0 Å². The van der Waals surface area contributed by atoms with Gasteiger partial charge in [0, 0.05) is 4.47 Å². The van der Waals surface area contributed by atoms with Gasteiger partial charge in [-0.1, -0.05) is 55.3 Å². The minimum absolute atomic E-state index is 0.215. The number of carbonyl (C=O) groups is 1. The highest BCUT2D eigenvalue weighted by atomic mass is 79.9. The van der Waals surface area contributed by atoms with Crippen LogP contribution in [0.3, 0.4) is 0 Å². The van der Waals surface area contributed by atoms with Crippen molar-refractivity contribution in [3.63, 3.8) is 0 Å². The molecule has 1 aliphatic rings. The van der Waals surface area contributed by atoms with Crippen LogP contribution in [0.1, 0.15) is 31.2 Å². The first-order valence-corrected chi connectivity index (χ1v) is 8.12. The van der Waals surface area contributed by atoms with Gasteiger partial charge in [-0.15, -0.1) is 0 Å². The molecular weight excluding hydrogens is 326 g/mol. The highest BCUT2D eigenvalue weighted by Gasteiger charge is 2.41. The fraction of sp³-hybridized carbons (Fsp3) is 0.278. The Morgan fingerprint density at radius 1 is 0.952 bits per heavy atom. The molecule has 0 aromatic heterocycles. The monoisotopic (exact) mass is 343 g/mol. The van der Waals surface area contributed by atoms with Gasteiger partial charge >= 0.3 is 0 Å². The molecule has 0 unspecified atom stereocenters. The molecule has 0 radical (unpaired) electrons. The Morgan fingerprint density at radius 2 is 1.57 bits per heavy atom. The van der Waals surface area contributed by atoms with Gasteiger partial charge in [0.15, 0.2) is 0 Å². The Bertz CT molecular complexity index is 620. The number of benzene rings is 2. The van der Waals surface area contributed by atoms with Crippen molar-refractivity contribution in [3.8, 4) is 0 Å². The number of para-hydroxylation sites is 1. The summed E-state index contributed by atoms with van der Waals surface area (Å²) in [7, 11) is 0. The van der Waals surface area contributed by atoms with Crippen molar-refractivity contribution >= 4 is 28.0 Å². The summed E-state index contributed by atoms with van der Waals surface area (Å²) >= 11 is 3.58. The molecule has 0 bridgehead atoms. The number of anilines is 1. The van der Waals surface area contributed by atoms with E-state index in [0.717, 1.165) is 42.3 Å². The second-order valence-corrected chi connectivity index (χ2v) is 6.39. The Morgan fingerprint density at radius 3 is 2.19 bits per heavy atom. The molecule has 3 heteroatoms. The molecule has 0 spiro atoms. The summed E-state index contributed by atoms with van der Waals surface area (Å²) in [6.45, 7) is 0. The van der Waals surface area contributed by atoms with Crippen LogP contribution in [0.25, 0.3) is 0 Å². The first-order valence-electron chi connectivity index (χ1n) is 7.33. The lowest BCUT2D eigenvalue weighted by molar-refractivity contribution is -0.108. The Labute approximate surface area is 133 Å². The molecule has 1 fully saturated rings. The molecule has 0 aliphatic heterocycles. The van der Waals surface area contributed by atoms with Crippen molar-refractivity contribution in [2.24, 2.45) is 0 Å². The van der Waals surface area contributed by atoms with Crippen LogP contribution in [0.4, 0.5) is 5.69 Å². The Hall–Kier alpha value is -1.61. The average Bonchev–Trinajstić information content (AvgIpc) is 3.01. The average molecular weight is 344 g/mol. The number of nitrogens with zero attached hydrogens (tertiary/aromatic N) is 1. The van der Waals surface area contributed by atoms with Crippen LogP contribution in [0.5, 0.6) is 0 Å². The SMILES string of the molecule is O=CN(c1ccccc1Br)C1(c2ccccc2)CCCC1. The minimum atomic E-state index is -0.215. The predicted molar refractivity (Wildman–Crippen MR) is 89.3 cm³/mol. The third-order valence-corrected chi connectivity index (χ3v) is 5.09. The van der Waals surface area contributed by atoms with Crippen LogP contribution in [0.2, 0.25) is 0 Å². The van der Waals surface area contributed by atoms with E-state index >= 15 is 0 Å². The summed E-state index contributed by atoms with van der Waals surface area (Å²) in [6, 6.07) is 18.3. The molecule has 2 nitrogen and oxygen atoms in total. The fourth-order valence-corrected chi connectivity index (χ4v) is 3.89. The Kier molecular flexibility index (Phi) is 4.11. The van der Waals surface area contributed by atoms with Gasteiger partial charge in [-0.25, -0.2) is 0 Å². The highest BCUT2D eigenvalue weighted by molar-refractivity contribution is 9.10. The van der Waals surface area contributed by atoms with Gasteiger partial charge in [-0.3, -0.25) is 4.79 Å². The number of hydrogen-bond donors (Lipinski definition) is 0. The van der Waals surface area contributed by atoms with Crippen LogP contribution < -0.4 is 4.90 Å². The molecule has 3 rings (SSSR count). The first-order chi connectivity index (χ1) is 10.3. The van der Waals surface area contributed by atoms with Gasteiger partial charge < -0.3 is 4.90 Å². The third-order valence-electron chi connectivity index (χ3n) is 4.42.